The highest BCUT2D eigenvalue weighted by Crippen LogP contribution is 2.20. The van der Waals surface area contributed by atoms with Crippen LogP contribution < -0.4 is 4.74 Å². The molecule has 0 saturated carbocycles. The first-order valence-corrected chi connectivity index (χ1v) is 24.0. The summed E-state index contributed by atoms with van der Waals surface area (Å²) in [7, 11) is -3.24. The Balaban J connectivity index is 1.44. The van der Waals surface area contributed by atoms with Crippen molar-refractivity contribution in [3.63, 3.8) is 0 Å². The van der Waals surface area contributed by atoms with Crippen LogP contribution in [0, 0.1) is 0 Å². The molecule has 0 bridgehead atoms. The molecule has 53 heavy (non-hydrogen) atoms. The summed E-state index contributed by atoms with van der Waals surface area (Å²) in [4.78, 5) is 0.416. The van der Waals surface area contributed by atoms with Gasteiger partial charge in [0.25, 0.3) is 0 Å². The number of hydrogen-bond donors (Lipinski definition) is 1. The molecule has 0 aliphatic carbocycles. The van der Waals surface area contributed by atoms with Gasteiger partial charge in [-0.2, -0.15) is 0 Å². The lowest BCUT2D eigenvalue weighted by molar-refractivity contribution is 0.282. The van der Waals surface area contributed by atoms with Crippen LogP contribution in [0.2, 0.25) is 0 Å². The summed E-state index contributed by atoms with van der Waals surface area (Å²) in [5.74, 6) is 1.14. The Morgan fingerprint density at radius 2 is 0.792 bits per heavy atom. The van der Waals surface area contributed by atoms with E-state index in [2.05, 4.69) is 25.1 Å². The molecule has 2 rings (SSSR count). The third kappa shape index (κ3) is 26.4. The summed E-state index contributed by atoms with van der Waals surface area (Å²) in [6, 6.07) is 15.5. The van der Waals surface area contributed by atoms with Gasteiger partial charge in [0.1, 0.15) is 5.75 Å². The van der Waals surface area contributed by atoms with Crippen LogP contribution in [0.1, 0.15) is 211 Å². The van der Waals surface area contributed by atoms with Crippen LogP contribution in [0.3, 0.4) is 0 Å². The first-order chi connectivity index (χ1) is 26.0. The average molecular weight is 753 g/mol. The maximum absolute atomic E-state index is 12.8. The summed E-state index contributed by atoms with van der Waals surface area (Å²) < 4.78 is 31.6. The minimum absolute atomic E-state index is 0.220. The van der Waals surface area contributed by atoms with Crippen LogP contribution >= 0.6 is 0 Å². The Morgan fingerprint density at radius 1 is 0.453 bits per heavy atom. The second-order valence-corrected chi connectivity index (χ2v) is 17.7. The van der Waals surface area contributed by atoms with Gasteiger partial charge in [0.05, 0.1) is 17.3 Å². The Labute approximate surface area is 327 Å². The molecule has 0 aromatic heterocycles. The highest BCUT2D eigenvalue weighted by atomic mass is 32.2. The smallest absolute Gasteiger partial charge is 0.178 e. The van der Waals surface area contributed by atoms with Gasteiger partial charge in [-0.3, -0.25) is 0 Å². The van der Waals surface area contributed by atoms with Gasteiger partial charge in [-0.05, 0) is 54.7 Å². The molecule has 0 aliphatic rings. The molecule has 302 valence electrons. The molecule has 1 N–H and O–H groups in total. The number of hydrogen-bond acceptors (Lipinski definition) is 4. The predicted octanol–water partition coefficient (Wildman–Crippen LogP) is 14.7. The van der Waals surface area contributed by atoms with Crippen molar-refractivity contribution < 1.29 is 18.3 Å². The van der Waals surface area contributed by atoms with Crippen LogP contribution in [0.4, 0.5) is 0 Å². The van der Waals surface area contributed by atoms with Gasteiger partial charge < -0.3 is 9.84 Å². The number of aliphatic hydroxyl groups is 1. The fraction of sp³-hybridized carbons (Fsp3) is 0.708. The molecular weight excluding hydrogens is 673 g/mol. The van der Waals surface area contributed by atoms with E-state index in [4.69, 9.17) is 9.84 Å². The molecule has 0 spiro atoms. The SMILES string of the molecule is CCCCCCCCCCCCCCCCCCCCCCOc1ccc(C=Cc2ccc(S(=O)(=O)CCCCCCCCCCCCO)cc2)cc1. The van der Waals surface area contributed by atoms with Gasteiger partial charge in [-0.25, -0.2) is 8.42 Å². The zero-order valence-electron chi connectivity index (χ0n) is 34.2. The van der Waals surface area contributed by atoms with Crippen LogP contribution in [0.5, 0.6) is 5.75 Å². The summed E-state index contributed by atoms with van der Waals surface area (Å²) in [6.07, 6.45) is 42.9. The molecule has 5 heteroatoms. The van der Waals surface area contributed by atoms with E-state index in [-0.39, 0.29) is 5.75 Å². The number of unbranched alkanes of at least 4 members (excludes halogenated alkanes) is 28. The second-order valence-electron chi connectivity index (χ2n) is 15.6. The average Bonchev–Trinajstić information content (AvgIpc) is 3.17. The number of rotatable bonds is 37. The van der Waals surface area contributed by atoms with Crippen molar-refractivity contribution in [2.45, 2.75) is 204 Å². The number of benzene rings is 2. The van der Waals surface area contributed by atoms with E-state index >= 15 is 0 Å². The Morgan fingerprint density at radius 3 is 1.19 bits per heavy atom. The first-order valence-electron chi connectivity index (χ1n) is 22.4. The summed E-state index contributed by atoms with van der Waals surface area (Å²) in [5.41, 5.74) is 2.08. The van der Waals surface area contributed by atoms with E-state index in [1.165, 1.54) is 154 Å². The second kappa shape index (κ2) is 33.2. The van der Waals surface area contributed by atoms with Gasteiger partial charge in [0.2, 0.25) is 0 Å². The lowest BCUT2D eigenvalue weighted by Gasteiger charge is -2.07. The Kier molecular flexibility index (Phi) is 29.5. The quantitative estimate of drug-likeness (QED) is 0.0551. The Bertz CT molecular complexity index is 1220. The molecule has 0 amide bonds. The number of ether oxygens (including phenoxy) is 1. The normalized spacial score (nSPS) is 11.9. The molecule has 0 unspecified atom stereocenters. The van der Waals surface area contributed by atoms with Crippen molar-refractivity contribution in [1.82, 2.24) is 0 Å². The molecule has 0 saturated heterocycles. The lowest BCUT2D eigenvalue weighted by atomic mass is 10.0. The van der Waals surface area contributed by atoms with Gasteiger partial charge in [0.15, 0.2) is 9.84 Å². The number of sulfone groups is 1. The van der Waals surface area contributed by atoms with Gasteiger partial charge >= 0.3 is 0 Å². The molecule has 0 radical (unpaired) electrons. The van der Waals surface area contributed by atoms with E-state index in [1.807, 2.05) is 30.3 Å². The molecule has 0 aliphatic heterocycles. The van der Waals surface area contributed by atoms with Crippen molar-refractivity contribution >= 4 is 22.0 Å². The minimum Gasteiger partial charge on any atom is -0.494 e. The lowest BCUT2D eigenvalue weighted by Crippen LogP contribution is -2.06. The summed E-state index contributed by atoms with van der Waals surface area (Å²) >= 11 is 0. The zero-order valence-corrected chi connectivity index (χ0v) is 35.0. The predicted molar refractivity (Wildman–Crippen MR) is 231 cm³/mol. The molecule has 2 aromatic carbocycles. The summed E-state index contributed by atoms with van der Waals surface area (Å²) in [6.45, 7) is 3.37. The van der Waals surface area contributed by atoms with Crippen molar-refractivity contribution in [3.8, 4) is 5.75 Å². The van der Waals surface area contributed by atoms with Crippen LogP contribution in [0.25, 0.3) is 12.2 Å². The zero-order chi connectivity index (χ0) is 37.9. The van der Waals surface area contributed by atoms with Gasteiger partial charge in [-0.1, -0.05) is 217 Å². The molecule has 0 heterocycles. The standard InChI is InChI=1S/C48H80O4S/c1-2-3-4-5-6-7-8-9-10-11-12-13-14-15-16-18-21-24-27-30-43-52-47-38-34-45(35-39-47)32-33-46-36-40-48(41-37-46)53(50,51)44-31-28-25-22-19-17-20-23-26-29-42-49/h32-41,49H,2-31,42-44H2,1H3. The monoisotopic (exact) mass is 753 g/mol. The Hall–Kier alpha value is -2.11. The van der Waals surface area contributed by atoms with Gasteiger partial charge in [0, 0.05) is 6.61 Å². The van der Waals surface area contributed by atoms with Crippen molar-refractivity contribution in [2.24, 2.45) is 0 Å². The van der Waals surface area contributed by atoms with Crippen LogP contribution in [-0.4, -0.2) is 32.5 Å². The van der Waals surface area contributed by atoms with Crippen molar-refractivity contribution in [2.75, 3.05) is 19.0 Å². The van der Waals surface area contributed by atoms with Crippen molar-refractivity contribution in [1.29, 1.82) is 0 Å². The third-order valence-corrected chi connectivity index (χ3v) is 12.5. The molecule has 2 aromatic rings. The highest BCUT2D eigenvalue weighted by Gasteiger charge is 2.13. The number of aliphatic hydroxyl groups excluding tert-OH is 1. The molecule has 0 fully saturated rings. The van der Waals surface area contributed by atoms with E-state index in [0.717, 1.165) is 62.0 Å². The maximum Gasteiger partial charge on any atom is 0.178 e. The fourth-order valence-electron chi connectivity index (χ4n) is 7.14. The topological polar surface area (TPSA) is 63.6 Å². The van der Waals surface area contributed by atoms with E-state index < -0.39 is 9.84 Å². The fourth-order valence-corrected chi connectivity index (χ4v) is 8.51. The van der Waals surface area contributed by atoms with Crippen molar-refractivity contribution in [3.05, 3.63) is 59.7 Å². The minimum atomic E-state index is -3.24. The van der Waals surface area contributed by atoms with Gasteiger partial charge in [-0.15, -0.1) is 0 Å². The molecule has 4 nitrogen and oxygen atoms in total. The third-order valence-electron chi connectivity index (χ3n) is 10.7. The summed E-state index contributed by atoms with van der Waals surface area (Å²) in [5, 5.41) is 8.83. The van der Waals surface area contributed by atoms with Crippen LogP contribution in [-0.2, 0) is 9.84 Å². The first kappa shape index (κ1) is 47.0. The van der Waals surface area contributed by atoms with E-state index in [9.17, 15) is 8.42 Å². The van der Waals surface area contributed by atoms with E-state index in [0.29, 0.717) is 11.5 Å². The highest BCUT2D eigenvalue weighted by molar-refractivity contribution is 7.91. The maximum atomic E-state index is 12.8. The largest absolute Gasteiger partial charge is 0.494 e. The molecular formula is C48H80O4S. The van der Waals surface area contributed by atoms with Crippen LogP contribution in [0.15, 0.2) is 53.4 Å². The molecule has 0 atom stereocenters. The van der Waals surface area contributed by atoms with E-state index in [1.54, 1.807) is 12.1 Å².